The lowest BCUT2D eigenvalue weighted by Gasteiger charge is -2.05. The van der Waals surface area contributed by atoms with E-state index in [4.69, 9.17) is 0 Å². The van der Waals surface area contributed by atoms with E-state index in [1.807, 2.05) is 24.3 Å². The molecule has 174 valence electrons. The summed E-state index contributed by atoms with van der Waals surface area (Å²) in [5.41, 5.74) is 8.18. The van der Waals surface area contributed by atoms with Crippen LogP contribution in [0.25, 0.3) is 21.8 Å². The molecule has 5 rings (SSSR count). The Labute approximate surface area is 204 Å². The molecule has 0 unspecified atom stereocenters. The molecule has 4 heterocycles. The van der Waals surface area contributed by atoms with Gasteiger partial charge in [-0.15, -0.1) is 0 Å². The molecule has 0 bridgehead atoms. The van der Waals surface area contributed by atoms with Gasteiger partial charge in [-0.1, -0.05) is 24.3 Å². The van der Waals surface area contributed by atoms with Crippen LogP contribution in [0.5, 0.6) is 0 Å². The van der Waals surface area contributed by atoms with E-state index in [-0.39, 0.29) is 11.8 Å². The molecule has 4 aromatic heterocycles. The molecular weight excluding hydrogens is 456 g/mol. The number of hydrazone groups is 2. The van der Waals surface area contributed by atoms with Gasteiger partial charge in [-0.25, -0.2) is 20.8 Å². The van der Waals surface area contributed by atoms with Crippen molar-refractivity contribution < 1.29 is 9.59 Å². The number of aromatic nitrogens is 4. The summed E-state index contributed by atoms with van der Waals surface area (Å²) in [4.78, 5) is 41.4. The first kappa shape index (κ1) is 22.4. The van der Waals surface area contributed by atoms with Crippen LogP contribution in [0.3, 0.4) is 0 Å². The average molecular weight is 474 g/mol. The Morgan fingerprint density at radius 1 is 0.639 bits per heavy atom. The van der Waals surface area contributed by atoms with Gasteiger partial charge in [0.15, 0.2) is 0 Å². The van der Waals surface area contributed by atoms with E-state index in [0.29, 0.717) is 33.5 Å². The Balaban J connectivity index is 1.36. The van der Waals surface area contributed by atoms with Gasteiger partial charge in [0, 0.05) is 35.6 Å². The first-order valence-corrected chi connectivity index (χ1v) is 10.8. The molecule has 2 N–H and O–H groups in total. The molecule has 2 amide bonds. The largest absolute Gasteiger partial charge is 0.272 e. The Morgan fingerprint density at radius 3 is 1.50 bits per heavy atom. The summed E-state index contributed by atoms with van der Waals surface area (Å²) in [6.45, 7) is 0. The van der Waals surface area contributed by atoms with Crippen molar-refractivity contribution in [2.45, 2.75) is 0 Å². The van der Waals surface area contributed by atoms with Crippen LogP contribution in [-0.4, -0.2) is 44.2 Å². The quantitative estimate of drug-likeness (QED) is 0.221. The molecule has 1 aromatic carbocycles. The predicted octanol–water partition coefficient (Wildman–Crippen LogP) is 3.10. The lowest BCUT2D eigenvalue weighted by molar-refractivity contribution is 0.0946. The molecule has 5 aromatic rings. The van der Waals surface area contributed by atoms with Gasteiger partial charge < -0.3 is 0 Å². The van der Waals surface area contributed by atoms with Crippen LogP contribution in [0.2, 0.25) is 0 Å². The minimum Gasteiger partial charge on any atom is -0.267 e. The van der Waals surface area contributed by atoms with Crippen LogP contribution in [0.1, 0.15) is 32.1 Å². The van der Waals surface area contributed by atoms with Crippen molar-refractivity contribution in [2.75, 3.05) is 0 Å². The highest BCUT2D eigenvalue weighted by Crippen LogP contribution is 2.22. The number of pyridine rings is 4. The monoisotopic (exact) mass is 474 g/mol. The van der Waals surface area contributed by atoms with E-state index in [2.05, 4.69) is 41.0 Å². The molecule has 0 radical (unpaired) electrons. The number of carbonyl (C=O) groups is 2. The van der Waals surface area contributed by atoms with E-state index in [1.165, 1.54) is 24.8 Å². The van der Waals surface area contributed by atoms with E-state index in [9.17, 15) is 9.59 Å². The topological polar surface area (TPSA) is 134 Å². The fourth-order valence-corrected chi connectivity index (χ4v) is 3.38. The molecule has 0 atom stereocenters. The number of benzene rings is 1. The van der Waals surface area contributed by atoms with E-state index >= 15 is 0 Å². The Bertz CT molecular complexity index is 1500. The molecule has 10 nitrogen and oxygen atoms in total. The zero-order valence-electron chi connectivity index (χ0n) is 18.7. The fourth-order valence-electron chi connectivity index (χ4n) is 3.38. The number of hydrogen-bond donors (Lipinski definition) is 2. The molecule has 0 aliphatic heterocycles. The summed E-state index contributed by atoms with van der Waals surface area (Å²) in [5, 5.41) is 9.79. The minimum atomic E-state index is -0.369. The highest BCUT2D eigenvalue weighted by atomic mass is 16.2. The Hall–Kier alpha value is -5.38. The Morgan fingerprint density at radius 2 is 1.08 bits per heavy atom. The van der Waals surface area contributed by atoms with Crippen LogP contribution in [0.15, 0.2) is 95.7 Å². The van der Waals surface area contributed by atoms with E-state index < -0.39 is 0 Å². The van der Waals surface area contributed by atoms with Crippen LogP contribution >= 0.6 is 0 Å². The van der Waals surface area contributed by atoms with Crippen LogP contribution in [0, 0.1) is 0 Å². The first-order chi connectivity index (χ1) is 17.7. The fraction of sp³-hybridized carbons (Fsp3) is 0. The summed E-state index contributed by atoms with van der Waals surface area (Å²) in [6.07, 6.45) is 9.03. The lowest BCUT2D eigenvalue weighted by atomic mass is 10.1. The molecule has 0 aliphatic carbocycles. The van der Waals surface area contributed by atoms with Crippen LogP contribution in [-0.2, 0) is 0 Å². The van der Waals surface area contributed by atoms with Gasteiger partial charge in [0.05, 0.1) is 46.0 Å². The van der Waals surface area contributed by atoms with Gasteiger partial charge in [-0.3, -0.25) is 19.6 Å². The maximum absolute atomic E-state index is 12.1. The zero-order chi connectivity index (χ0) is 24.7. The van der Waals surface area contributed by atoms with Crippen molar-refractivity contribution in [3.8, 4) is 0 Å². The van der Waals surface area contributed by atoms with Gasteiger partial charge in [0.25, 0.3) is 11.8 Å². The summed E-state index contributed by atoms with van der Waals surface area (Å²) in [7, 11) is 0. The first-order valence-electron chi connectivity index (χ1n) is 10.8. The van der Waals surface area contributed by atoms with E-state index in [0.717, 1.165) is 10.8 Å². The van der Waals surface area contributed by atoms with Crippen LogP contribution in [0.4, 0.5) is 0 Å². The van der Waals surface area contributed by atoms with Crippen molar-refractivity contribution in [2.24, 2.45) is 10.2 Å². The smallest absolute Gasteiger partial charge is 0.267 e. The lowest BCUT2D eigenvalue weighted by Crippen LogP contribution is -2.17. The van der Waals surface area contributed by atoms with Crippen molar-refractivity contribution in [3.63, 3.8) is 0 Å². The summed E-state index contributed by atoms with van der Waals surface area (Å²) in [6, 6.07) is 18.0. The molecule has 0 saturated heterocycles. The molecule has 36 heavy (non-hydrogen) atoms. The maximum Gasteiger partial charge on any atom is 0.272 e. The third-order valence-corrected chi connectivity index (χ3v) is 5.14. The second-order valence-corrected chi connectivity index (χ2v) is 7.56. The predicted molar refractivity (Wildman–Crippen MR) is 136 cm³/mol. The average Bonchev–Trinajstić information content (AvgIpc) is 2.93. The molecule has 0 aliphatic rings. The Kier molecular flexibility index (Phi) is 6.39. The number of amides is 2. The molecule has 0 saturated carbocycles. The van der Waals surface area contributed by atoms with Crippen molar-refractivity contribution in [1.82, 2.24) is 30.8 Å². The SMILES string of the molecule is O=C(N/N=C/c1ccc2ccc3ccc(/C=N/NC(=O)c4cccnc4)nc3c2n1)c1cccnc1. The summed E-state index contributed by atoms with van der Waals surface area (Å²) >= 11 is 0. The second-order valence-electron chi connectivity index (χ2n) is 7.56. The van der Waals surface area contributed by atoms with Crippen LogP contribution < -0.4 is 10.9 Å². The van der Waals surface area contributed by atoms with Gasteiger partial charge in [-0.05, 0) is 36.4 Å². The molecule has 0 fully saturated rings. The standard InChI is InChI=1S/C26H18N8O2/c35-25(19-3-1-11-27-13-19)33-29-15-21-9-7-17-5-6-18-8-10-22(32-24(18)23(17)31-21)16-30-34-26(36)20-4-2-12-28-14-20/h1-16H,(H,33,35)(H,34,36)/b29-15+,30-16+. The number of nitrogens with zero attached hydrogens (tertiary/aromatic N) is 6. The highest BCUT2D eigenvalue weighted by Gasteiger charge is 2.07. The van der Waals surface area contributed by atoms with Crippen molar-refractivity contribution >= 4 is 46.0 Å². The second kappa shape index (κ2) is 10.3. The molecule has 0 spiro atoms. The van der Waals surface area contributed by atoms with E-state index in [1.54, 1.807) is 48.8 Å². The van der Waals surface area contributed by atoms with Gasteiger partial charge in [-0.2, -0.15) is 10.2 Å². The number of nitrogens with one attached hydrogen (secondary N) is 2. The molecular formula is C26H18N8O2. The third kappa shape index (κ3) is 5.07. The number of carbonyl (C=O) groups excluding carboxylic acids is 2. The number of rotatable bonds is 6. The third-order valence-electron chi connectivity index (χ3n) is 5.14. The number of fused-ring (bicyclic) bond motifs is 3. The summed E-state index contributed by atoms with van der Waals surface area (Å²) < 4.78 is 0. The number of hydrogen-bond acceptors (Lipinski definition) is 8. The van der Waals surface area contributed by atoms with Gasteiger partial charge in [0.1, 0.15) is 0 Å². The molecule has 10 heteroatoms. The summed E-state index contributed by atoms with van der Waals surface area (Å²) in [5.74, 6) is -0.737. The maximum atomic E-state index is 12.1. The van der Waals surface area contributed by atoms with Crippen molar-refractivity contribution in [1.29, 1.82) is 0 Å². The minimum absolute atomic E-state index is 0.369. The highest BCUT2D eigenvalue weighted by molar-refractivity contribution is 6.04. The zero-order valence-corrected chi connectivity index (χ0v) is 18.7. The van der Waals surface area contributed by atoms with Gasteiger partial charge >= 0.3 is 0 Å². The normalized spacial score (nSPS) is 11.3. The van der Waals surface area contributed by atoms with Crippen molar-refractivity contribution in [3.05, 3.63) is 108 Å². The van der Waals surface area contributed by atoms with Gasteiger partial charge in [0.2, 0.25) is 0 Å².